The molecule has 1 nitrogen and oxygen atoms in total. The summed E-state index contributed by atoms with van der Waals surface area (Å²) >= 11 is 0. The number of nitrogens with zero attached hydrogens (tertiary/aromatic N) is 1. The quantitative estimate of drug-likeness (QED) is 0.669. The molecule has 0 spiro atoms. The summed E-state index contributed by atoms with van der Waals surface area (Å²) in [4.78, 5) is 4.18. The summed E-state index contributed by atoms with van der Waals surface area (Å²) in [5.74, 6) is 0. The van der Waals surface area contributed by atoms with E-state index in [4.69, 9.17) is 0 Å². The van der Waals surface area contributed by atoms with E-state index < -0.39 is 0 Å². The second-order valence-electron chi connectivity index (χ2n) is 2.20. The van der Waals surface area contributed by atoms with Gasteiger partial charge in [-0.1, -0.05) is 24.3 Å². The summed E-state index contributed by atoms with van der Waals surface area (Å²) in [6.45, 7) is 0. The van der Waals surface area contributed by atoms with Gasteiger partial charge in [0, 0.05) is 37.8 Å². The van der Waals surface area contributed by atoms with Gasteiger partial charge in [-0.3, -0.25) is 4.98 Å². The van der Waals surface area contributed by atoms with Crippen LogP contribution < -0.4 is 0 Å². The Morgan fingerprint density at radius 2 is 1.64 bits per heavy atom. The Hall–Kier alpha value is -0.487. The van der Waals surface area contributed by atoms with E-state index in [2.05, 4.69) is 17.1 Å². The van der Waals surface area contributed by atoms with Crippen LogP contribution in [-0.2, 0) is 0 Å². The third-order valence-electron chi connectivity index (χ3n) is 1.51. The van der Waals surface area contributed by atoms with Crippen molar-refractivity contribution in [2.24, 2.45) is 0 Å². The first-order chi connectivity index (χ1) is 4.97. The molecule has 0 unspecified atom stereocenters. The smallest absolute Gasteiger partial charge is 0.0701 e. The van der Waals surface area contributed by atoms with Crippen molar-refractivity contribution in [3.8, 4) is 0 Å². The van der Waals surface area contributed by atoms with Crippen molar-refractivity contribution in [2.45, 2.75) is 0 Å². The monoisotopic (exact) mass is 338 g/mol. The zero-order valence-electron chi connectivity index (χ0n) is 5.94. The van der Waals surface area contributed by atoms with Crippen LogP contribution in [0, 0.1) is 0 Å². The van der Waals surface area contributed by atoms with E-state index in [-0.39, 0.29) is 26.2 Å². The van der Waals surface area contributed by atoms with E-state index in [9.17, 15) is 0 Å². The molecule has 2 aromatic rings. The SMILES string of the molecule is [Bi].c1ccc2ncccc2c1. The molecule has 0 amide bonds. The number of hydrogen-bond donors (Lipinski definition) is 0. The Morgan fingerprint density at radius 1 is 0.909 bits per heavy atom. The van der Waals surface area contributed by atoms with Gasteiger partial charge in [-0.05, 0) is 12.1 Å². The predicted molar refractivity (Wildman–Crippen MR) is 47.5 cm³/mol. The maximum absolute atomic E-state index is 4.18. The van der Waals surface area contributed by atoms with Crippen molar-refractivity contribution in [3.05, 3.63) is 42.6 Å². The molecular weight excluding hydrogens is 331 g/mol. The van der Waals surface area contributed by atoms with E-state index >= 15 is 0 Å². The predicted octanol–water partition coefficient (Wildman–Crippen LogP) is 1.85. The van der Waals surface area contributed by atoms with Crippen LogP contribution in [0.25, 0.3) is 10.9 Å². The summed E-state index contributed by atoms with van der Waals surface area (Å²) in [5.41, 5.74) is 1.06. The Morgan fingerprint density at radius 3 is 2.45 bits per heavy atom. The number of hydrogen-bond acceptors (Lipinski definition) is 1. The fraction of sp³-hybridized carbons (Fsp3) is 0. The number of benzene rings is 1. The summed E-state index contributed by atoms with van der Waals surface area (Å²) in [5, 5.41) is 1.20. The van der Waals surface area contributed by atoms with Gasteiger partial charge in [0.15, 0.2) is 0 Å². The standard InChI is InChI=1S/C9H7N.Bi/c1-2-6-9-8(4-1)5-3-7-10-9;/h1-7H;. The van der Waals surface area contributed by atoms with Crippen LogP contribution in [0.5, 0.6) is 0 Å². The molecule has 0 saturated heterocycles. The average Bonchev–Trinajstić information content (AvgIpc) is 2.05. The fourth-order valence-electron chi connectivity index (χ4n) is 1.02. The van der Waals surface area contributed by atoms with E-state index in [0.717, 1.165) is 5.52 Å². The van der Waals surface area contributed by atoms with Gasteiger partial charge in [-0.2, -0.15) is 0 Å². The molecular formula is C9H7BiN. The van der Waals surface area contributed by atoms with Gasteiger partial charge in [-0.15, -0.1) is 0 Å². The minimum Gasteiger partial charge on any atom is -0.256 e. The number of para-hydroxylation sites is 1. The van der Waals surface area contributed by atoms with Crippen LogP contribution in [0.3, 0.4) is 0 Å². The molecule has 0 aliphatic rings. The number of aromatic nitrogens is 1. The van der Waals surface area contributed by atoms with Crippen molar-refractivity contribution in [1.82, 2.24) is 4.98 Å². The van der Waals surface area contributed by atoms with Crippen molar-refractivity contribution >= 4 is 37.1 Å². The molecule has 2 rings (SSSR count). The minimum atomic E-state index is 0. The maximum atomic E-state index is 4.18. The van der Waals surface area contributed by atoms with E-state index in [1.54, 1.807) is 0 Å². The van der Waals surface area contributed by atoms with Crippen LogP contribution in [-0.4, -0.2) is 31.2 Å². The van der Waals surface area contributed by atoms with Gasteiger partial charge in [0.25, 0.3) is 0 Å². The Balaban J connectivity index is 0.000000605. The number of rotatable bonds is 0. The summed E-state index contributed by atoms with van der Waals surface area (Å²) in [7, 11) is 0. The molecule has 53 valence electrons. The van der Waals surface area contributed by atoms with E-state index in [1.807, 2.05) is 30.5 Å². The first kappa shape index (κ1) is 8.61. The van der Waals surface area contributed by atoms with Crippen LogP contribution in [0.2, 0.25) is 0 Å². The Bertz CT molecular complexity index is 281. The minimum absolute atomic E-state index is 0. The van der Waals surface area contributed by atoms with E-state index in [0.29, 0.717) is 0 Å². The molecule has 11 heavy (non-hydrogen) atoms. The van der Waals surface area contributed by atoms with Gasteiger partial charge in [0.2, 0.25) is 0 Å². The van der Waals surface area contributed by atoms with Crippen molar-refractivity contribution in [1.29, 1.82) is 0 Å². The molecule has 1 aromatic carbocycles. The molecule has 3 radical (unpaired) electrons. The molecule has 0 fully saturated rings. The van der Waals surface area contributed by atoms with Crippen LogP contribution >= 0.6 is 0 Å². The Labute approximate surface area is 84.6 Å². The third kappa shape index (κ3) is 1.75. The fourth-order valence-corrected chi connectivity index (χ4v) is 1.02. The largest absolute Gasteiger partial charge is 0.256 e. The molecule has 0 bridgehead atoms. The molecule has 0 aliphatic carbocycles. The van der Waals surface area contributed by atoms with Gasteiger partial charge in [-0.25, -0.2) is 0 Å². The first-order valence-corrected chi connectivity index (χ1v) is 3.26. The molecule has 0 saturated carbocycles. The van der Waals surface area contributed by atoms with Crippen LogP contribution in [0.1, 0.15) is 0 Å². The summed E-state index contributed by atoms with van der Waals surface area (Å²) < 4.78 is 0. The molecule has 0 atom stereocenters. The van der Waals surface area contributed by atoms with Gasteiger partial charge >= 0.3 is 0 Å². The normalized spacial score (nSPS) is 9.09. The van der Waals surface area contributed by atoms with Crippen molar-refractivity contribution in [2.75, 3.05) is 0 Å². The average molecular weight is 338 g/mol. The summed E-state index contributed by atoms with van der Waals surface area (Å²) in [6, 6.07) is 12.1. The molecule has 0 aliphatic heterocycles. The molecule has 1 aromatic heterocycles. The van der Waals surface area contributed by atoms with Crippen molar-refractivity contribution < 1.29 is 0 Å². The zero-order chi connectivity index (χ0) is 6.81. The Kier molecular flexibility index (Phi) is 2.95. The second kappa shape index (κ2) is 3.78. The van der Waals surface area contributed by atoms with Crippen LogP contribution in [0.15, 0.2) is 42.6 Å². The van der Waals surface area contributed by atoms with Gasteiger partial charge < -0.3 is 0 Å². The maximum Gasteiger partial charge on any atom is 0.0701 e. The number of fused-ring (bicyclic) bond motifs is 1. The third-order valence-corrected chi connectivity index (χ3v) is 1.51. The molecule has 2 heteroatoms. The molecule has 1 heterocycles. The van der Waals surface area contributed by atoms with Crippen molar-refractivity contribution in [3.63, 3.8) is 0 Å². The number of pyridine rings is 1. The van der Waals surface area contributed by atoms with Crippen LogP contribution in [0.4, 0.5) is 0 Å². The first-order valence-electron chi connectivity index (χ1n) is 3.26. The van der Waals surface area contributed by atoms with E-state index in [1.165, 1.54) is 5.39 Å². The summed E-state index contributed by atoms with van der Waals surface area (Å²) in [6.07, 6.45) is 1.81. The molecule has 0 N–H and O–H groups in total. The topological polar surface area (TPSA) is 12.9 Å². The second-order valence-corrected chi connectivity index (χ2v) is 2.20. The van der Waals surface area contributed by atoms with Gasteiger partial charge in [0.05, 0.1) is 5.52 Å². The zero-order valence-corrected chi connectivity index (χ0v) is 9.41. The van der Waals surface area contributed by atoms with Gasteiger partial charge in [0.1, 0.15) is 0 Å².